The number of fused-ring (bicyclic) bond motifs is 2. The molecule has 3 aromatic rings. The molecule has 196 valence electrons. The lowest BCUT2D eigenvalue weighted by Crippen LogP contribution is -2.71. The normalized spacial score (nSPS) is 20.1. The van der Waals surface area contributed by atoms with Crippen LogP contribution in [0.15, 0.2) is 18.2 Å². The number of nitrogen functional groups attached to an aromatic ring is 1. The molecule has 2 aromatic heterocycles. The van der Waals surface area contributed by atoms with Gasteiger partial charge in [0.15, 0.2) is 11.5 Å². The number of pyridine rings is 1. The van der Waals surface area contributed by atoms with Gasteiger partial charge in [-0.3, -0.25) is 4.79 Å². The molecule has 0 bridgehead atoms. The number of hydrogen-bond acceptors (Lipinski definition) is 8. The number of halogens is 4. The number of nitrogens with zero attached hydrogens (tertiary/aromatic N) is 2. The number of benzene rings is 1. The van der Waals surface area contributed by atoms with Crippen LogP contribution >= 0.6 is 11.3 Å². The Balaban J connectivity index is 1.26. The number of thiophene rings is 1. The highest BCUT2D eigenvalue weighted by Gasteiger charge is 2.49. The molecule has 1 atom stereocenters. The summed E-state index contributed by atoms with van der Waals surface area (Å²) in [7, 11) is 0. The number of carbonyl (C=O) groups is 1. The predicted molar refractivity (Wildman–Crippen MR) is 130 cm³/mol. The summed E-state index contributed by atoms with van der Waals surface area (Å²) in [5, 5.41) is 6.57. The number of aryl methyl sites for hydroxylation is 1. The Morgan fingerprint density at radius 1 is 1.35 bits per heavy atom. The van der Waals surface area contributed by atoms with Crippen molar-refractivity contribution in [1.29, 1.82) is 0 Å². The van der Waals surface area contributed by atoms with E-state index in [2.05, 4.69) is 20.4 Å². The molecule has 0 radical (unpaired) electrons. The van der Waals surface area contributed by atoms with Gasteiger partial charge in [0.1, 0.15) is 22.1 Å². The number of nitrogens with one attached hydrogen (secondary N) is 2. The standard InChI is InChI=1S/C24H23F4N5O3S/c1-11-2-3-13-17(29)20(37-22(13)31-11)21(34)32-12-4-14-15(25)5-16(33-9-23(10-33)7-30-8-23)19(18(14)35-6-12)36-24(26,27)28/h2-3,5,12,30H,4,6-10,29H2,1H3,(H,32,34)/t12-/m1/s1. The number of hydrogen-bond donors (Lipinski definition) is 3. The van der Waals surface area contributed by atoms with Gasteiger partial charge in [-0.1, -0.05) is 0 Å². The zero-order valence-electron chi connectivity index (χ0n) is 19.7. The molecule has 37 heavy (non-hydrogen) atoms. The van der Waals surface area contributed by atoms with E-state index in [1.807, 2.05) is 6.92 Å². The van der Waals surface area contributed by atoms with Gasteiger partial charge in [0.25, 0.3) is 5.91 Å². The highest BCUT2D eigenvalue weighted by atomic mass is 32.1. The largest absolute Gasteiger partial charge is 0.573 e. The highest BCUT2D eigenvalue weighted by molar-refractivity contribution is 7.21. The van der Waals surface area contributed by atoms with Crippen molar-refractivity contribution in [1.82, 2.24) is 15.6 Å². The van der Waals surface area contributed by atoms with E-state index < -0.39 is 29.9 Å². The first kappa shape index (κ1) is 24.0. The van der Waals surface area contributed by atoms with Crippen LogP contribution in [0.2, 0.25) is 0 Å². The van der Waals surface area contributed by atoms with Crippen molar-refractivity contribution in [2.45, 2.75) is 25.7 Å². The topological polar surface area (TPSA) is 102 Å². The maximum absolute atomic E-state index is 15.2. The first-order valence-electron chi connectivity index (χ1n) is 11.7. The van der Waals surface area contributed by atoms with Crippen molar-refractivity contribution >= 4 is 38.8 Å². The van der Waals surface area contributed by atoms with Gasteiger partial charge in [0, 0.05) is 60.7 Å². The fourth-order valence-corrected chi connectivity index (χ4v) is 6.20. The van der Waals surface area contributed by atoms with Crippen LogP contribution in [0.1, 0.15) is 20.9 Å². The molecule has 3 aliphatic rings. The summed E-state index contributed by atoms with van der Waals surface area (Å²) in [6.07, 6.45) is -5.06. The van der Waals surface area contributed by atoms with Gasteiger partial charge in [-0.25, -0.2) is 9.37 Å². The Morgan fingerprint density at radius 2 is 2.11 bits per heavy atom. The van der Waals surface area contributed by atoms with Crippen LogP contribution in [-0.2, 0) is 6.42 Å². The number of anilines is 2. The summed E-state index contributed by atoms with van der Waals surface area (Å²) in [4.78, 5) is 19.9. The molecular weight excluding hydrogens is 514 g/mol. The molecule has 13 heteroatoms. The van der Waals surface area contributed by atoms with E-state index in [-0.39, 0.29) is 46.0 Å². The second-order valence-corrected chi connectivity index (χ2v) is 10.9. The summed E-state index contributed by atoms with van der Waals surface area (Å²) < 4.78 is 65.2. The average molecular weight is 538 g/mol. The Labute approximate surface area is 212 Å². The van der Waals surface area contributed by atoms with Crippen LogP contribution < -0.4 is 30.7 Å². The number of aromatic nitrogens is 1. The Kier molecular flexibility index (Phi) is 5.42. The van der Waals surface area contributed by atoms with Gasteiger partial charge >= 0.3 is 6.36 Å². The van der Waals surface area contributed by atoms with Crippen molar-refractivity contribution in [3.05, 3.63) is 40.2 Å². The van der Waals surface area contributed by atoms with Gasteiger partial charge in [-0.2, -0.15) is 0 Å². The summed E-state index contributed by atoms with van der Waals surface area (Å²) in [5.74, 6) is -2.04. The molecule has 3 aliphatic heterocycles. The molecule has 1 aromatic carbocycles. The molecule has 1 amide bonds. The van der Waals surface area contributed by atoms with E-state index in [1.54, 1.807) is 17.0 Å². The van der Waals surface area contributed by atoms with Crippen molar-refractivity contribution < 1.29 is 31.8 Å². The molecule has 8 nitrogen and oxygen atoms in total. The fourth-order valence-electron chi connectivity index (χ4n) is 5.15. The third kappa shape index (κ3) is 4.19. The van der Waals surface area contributed by atoms with E-state index in [4.69, 9.17) is 10.5 Å². The number of carbonyl (C=O) groups excluding carboxylic acids is 1. The van der Waals surface area contributed by atoms with Crippen molar-refractivity contribution in [3.63, 3.8) is 0 Å². The maximum Gasteiger partial charge on any atom is 0.573 e. The van der Waals surface area contributed by atoms with E-state index in [9.17, 15) is 18.0 Å². The number of amides is 1. The van der Waals surface area contributed by atoms with E-state index in [1.165, 1.54) is 0 Å². The summed E-state index contributed by atoms with van der Waals surface area (Å²) in [6, 6.07) is 3.95. The van der Waals surface area contributed by atoms with Crippen LogP contribution in [0.25, 0.3) is 10.2 Å². The van der Waals surface area contributed by atoms with E-state index in [0.29, 0.717) is 23.3 Å². The van der Waals surface area contributed by atoms with Crippen LogP contribution in [0.3, 0.4) is 0 Å². The Hall–Kier alpha value is -3.32. The van der Waals surface area contributed by atoms with Crippen LogP contribution in [0.5, 0.6) is 11.5 Å². The molecule has 0 aliphatic carbocycles. The minimum Gasteiger partial charge on any atom is -0.487 e. The second kappa shape index (κ2) is 8.35. The number of rotatable bonds is 4. The average Bonchev–Trinajstić information content (AvgIpc) is 3.09. The minimum atomic E-state index is -4.99. The lowest BCUT2D eigenvalue weighted by Gasteiger charge is -2.57. The minimum absolute atomic E-state index is 0.000766. The molecule has 4 N–H and O–H groups in total. The highest BCUT2D eigenvalue weighted by Crippen LogP contribution is 2.50. The van der Waals surface area contributed by atoms with Crippen molar-refractivity contribution in [2.24, 2.45) is 5.41 Å². The van der Waals surface area contributed by atoms with Gasteiger partial charge in [0.05, 0.1) is 17.4 Å². The number of nitrogens with two attached hydrogens (primary N) is 1. The van der Waals surface area contributed by atoms with Crippen LogP contribution in [0, 0.1) is 18.2 Å². The molecule has 1 spiro atoms. The predicted octanol–water partition coefficient (Wildman–Crippen LogP) is 3.37. The second-order valence-electron chi connectivity index (χ2n) is 9.86. The third-order valence-corrected chi connectivity index (χ3v) is 8.14. The third-order valence-electron chi connectivity index (χ3n) is 7.03. The van der Waals surface area contributed by atoms with Gasteiger partial charge < -0.3 is 30.7 Å². The van der Waals surface area contributed by atoms with Crippen LogP contribution in [-0.4, -0.2) is 56.1 Å². The molecule has 2 saturated heterocycles. The lowest BCUT2D eigenvalue weighted by molar-refractivity contribution is -0.275. The molecular formula is C24H23F4N5O3S. The Bertz CT molecular complexity index is 1410. The summed E-state index contributed by atoms with van der Waals surface area (Å²) in [6.45, 7) is 4.19. The monoisotopic (exact) mass is 537 g/mol. The van der Waals surface area contributed by atoms with Gasteiger partial charge in [-0.15, -0.1) is 24.5 Å². The van der Waals surface area contributed by atoms with E-state index >= 15 is 4.39 Å². The quantitative estimate of drug-likeness (QED) is 0.439. The van der Waals surface area contributed by atoms with Gasteiger partial charge in [0.2, 0.25) is 0 Å². The molecule has 6 rings (SSSR count). The fraction of sp³-hybridized carbons (Fsp3) is 0.417. The van der Waals surface area contributed by atoms with Gasteiger partial charge in [-0.05, 0) is 19.1 Å². The summed E-state index contributed by atoms with van der Waals surface area (Å²) >= 11 is 1.13. The van der Waals surface area contributed by atoms with Crippen LogP contribution in [0.4, 0.5) is 28.9 Å². The van der Waals surface area contributed by atoms with Crippen molar-refractivity contribution in [2.75, 3.05) is 43.4 Å². The van der Waals surface area contributed by atoms with E-state index in [0.717, 1.165) is 36.2 Å². The lowest BCUT2D eigenvalue weighted by atomic mass is 9.74. The zero-order valence-corrected chi connectivity index (χ0v) is 20.5. The SMILES string of the molecule is Cc1ccc2c(N)c(C(=O)N[C@H]3COc4c(c(F)cc(N5CC6(CNC6)C5)c4OC(F)(F)F)C3)sc2n1. The number of alkyl halides is 3. The first-order valence-corrected chi connectivity index (χ1v) is 12.5. The summed E-state index contributed by atoms with van der Waals surface area (Å²) in [5.41, 5.74) is 7.15. The zero-order chi connectivity index (χ0) is 26.1. The smallest absolute Gasteiger partial charge is 0.487 e. The molecule has 5 heterocycles. The molecule has 2 fully saturated rings. The first-order chi connectivity index (χ1) is 17.5. The molecule has 0 unspecified atom stereocenters. The molecule has 0 saturated carbocycles. The Morgan fingerprint density at radius 3 is 2.78 bits per heavy atom. The van der Waals surface area contributed by atoms with Crippen molar-refractivity contribution in [3.8, 4) is 11.5 Å². The number of ether oxygens (including phenoxy) is 2. The maximum atomic E-state index is 15.2.